The summed E-state index contributed by atoms with van der Waals surface area (Å²) in [6.45, 7) is 3.70. The number of methoxy groups -OCH3 is 1. The Kier molecular flexibility index (Phi) is 4.82. The lowest BCUT2D eigenvalue weighted by Gasteiger charge is -2.36. The molecule has 2 aliphatic rings. The maximum absolute atomic E-state index is 13.7. The van der Waals surface area contributed by atoms with Crippen LogP contribution in [0.5, 0.6) is 0 Å². The van der Waals surface area contributed by atoms with Crippen LogP contribution in [-0.2, 0) is 24.2 Å². The van der Waals surface area contributed by atoms with Crippen molar-refractivity contribution in [3.05, 3.63) is 41.5 Å². The highest BCUT2D eigenvalue weighted by molar-refractivity contribution is 7.93. The number of rotatable bonds is 3. The minimum absolute atomic E-state index is 0.00693. The molecule has 3 rings (SSSR count). The van der Waals surface area contributed by atoms with Gasteiger partial charge in [0.2, 0.25) is 0 Å². The van der Waals surface area contributed by atoms with E-state index in [-0.39, 0.29) is 23.0 Å². The number of sulfone groups is 1. The molecule has 0 N–H and O–H groups in total. The Morgan fingerprint density at radius 3 is 2.50 bits per heavy atom. The number of ether oxygens (including phenoxy) is 1. The van der Waals surface area contributed by atoms with Crippen molar-refractivity contribution in [2.75, 3.05) is 7.11 Å². The lowest BCUT2D eigenvalue weighted by molar-refractivity contribution is -0.145. The molecule has 6 heteroatoms. The lowest BCUT2D eigenvalue weighted by Crippen LogP contribution is -2.53. The van der Waals surface area contributed by atoms with Gasteiger partial charge in [-0.3, -0.25) is 9.59 Å². The molecule has 0 radical (unpaired) electrons. The molecule has 140 valence electrons. The molecule has 3 atom stereocenters. The first kappa shape index (κ1) is 18.8. The van der Waals surface area contributed by atoms with Crippen LogP contribution in [0.15, 0.2) is 46.4 Å². The Morgan fingerprint density at radius 2 is 1.88 bits per heavy atom. The van der Waals surface area contributed by atoms with Gasteiger partial charge in [-0.05, 0) is 43.4 Å². The molecule has 0 spiro atoms. The number of hydrogen-bond donors (Lipinski definition) is 0. The number of carbonyl (C=O) groups excluding carboxylic acids is 2. The number of allylic oxidation sites excluding steroid dienone is 2. The number of carbonyl (C=O) groups is 2. The summed E-state index contributed by atoms with van der Waals surface area (Å²) in [7, 11) is -2.85. The van der Waals surface area contributed by atoms with Crippen molar-refractivity contribution in [1.82, 2.24) is 0 Å². The fourth-order valence-corrected chi connectivity index (χ4v) is 7.02. The van der Waals surface area contributed by atoms with E-state index in [4.69, 9.17) is 4.74 Å². The molecule has 0 amide bonds. The third kappa shape index (κ3) is 2.54. The fraction of sp³-hybridized carbons (Fsp3) is 0.500. The summed E-state index contributed by atoms with van der Waals surface area (Å²) < 4.78 is 30.6. The van der Waals surface area contributed by atoms with E-state index in [1.807, 2.05) is 6.92 Å². The van der Waals surface area contributed by atoms with Gasteiger partial charge >= 0.3 is 5.97 Å². The Balaban J connectivity index is 2.28. The predicted molar refractivity (Wildman–Crippen MR) is 97.2 cm³/mol. The van der Waals surface area contributed by atoms with Crippen LogP contribution in [0.25, 0.3) is 0 Å². The minimum atomic E-state index is -4.06. The molecule has 1 saturated carbocycles. The number of hydrogen-bond acceptors (Lipinski definition) is 5. The van der Waals surface area contributed by atoms with Gasteiger partial charge in [0.05, 0.1) is 12.0 Å². The molecule has 0 heterocycles. The second-order valence-corrected chi connectivity index (χ2v) is 9.55. The Morgan fingerprint density at radius 1 is 1.23 bits per heavy atom. The molecule has 1 aromatic carbocycles. The molecular weight excluding hydrogens is 352 g/mol. The smallest absolute Gasteiger partial charge is 0.328 e. The summed E-state index contributed by atoms with van der Waals surface area (Å²) in [5.74, 6) is -1.59. The van der Waals surface area contributed by atoms with Crippen molar-refractivity contribution in [2.24, 2.45) is 11.8 Å². The molecule has 1 aromatic rings. The van der Waals surface area contributed by atoms with Gasteiger partial charge in [0.25, 0.3) is 0 Å². The highest BCUT2D eigenvalue weighted by Gasteiger charge is 2.64. The minimum Gasteiger partial charge on any atom is -0.468 e. The van der Waals surface area contributed by atoms with Crippen molar-refractivity contribution >= 4 is 21.6 Å². The van der Waals surface area contributed by atoms with Gasteiger partial charge in [0.1, 0.15) is 0 Å². The van der Waals surface area contributed by atoms with E-state index in [2.05, 4.69) is 0 Å². The average Bonchev–Trinajstić information content (AvgIpc) is 2.87. The fourth-order valence-electron chi connectivity index (χ4n) is 4.69. The van der Waals surface area contributed by atoms with Gasteiger partial charge in [-0.15, -0.1) is 0 Å². The van der Waals surface area contributed by atoms with Crippen LogP contribution >= 0.6 is 0 Å². The highest BCUT2D eigenvalue weighted by Crippen LogP contribution is 2.54. The monoisotopic (exact) mass is 376 g/mol. The second kappa shape index (κ2) is 6.65. The average molecular weight is 376 g/mol. The van der Waals surface area contributed by atoms with E-state index in [1.165, 1.54) is 19.2 Å². The zero-order valence-electron chi connectivity index (χ0n) is 15.3. The van der Waals surface area contributed by atoms with Crippen molar-refractivity contribution < 1.29 is 22.7 Å². The topological polar surface area (TPSA) is 77.5 Å². The summed E-state index contributed by atoms with van der Waals surface area (Å²) >= 11 is 0. The van der Waals surface area contributed by atoms with Gasteiger partial charge in [0, 0.05) is 18.8 Å². The Labute approximate surface area is 154 Å². The second-order valence-electron chi connectivity index (χ2n) is 7.34. The third-order valence-electron chi connectivity index (χ3n) is 5.80. The van der Waals surface area contributed by atoms with Crippen molar-refractivity contribution in [3.8, 4) is 0 Å². The highest BCUT2D eigenvalue weighted by atomic mass is 32.2. The van der Waals surface area contributed by atoms with Crippen molar-refractivity contribution in [1.29, 1.82) is 0 Å². The van der Waals surface area contributed by atoms with Gasteiger partial charge in [-0.25, -0.2) is 8.42 Å². The van der Waals surface area contributed by atoms with Crippen molar-refractivity contribution in [3.63, 3.8) is 0 Å². The summed E-state index contributed by atoms with van der Waals surface area (Å²) in [6.07, 6.45) is 1.81. The first-order valence-corrected chi connectivity index (χ1v) is 10.4. The van der Waals surface area contributed by atoms with E-state index in [9.17, 15) is 18.0 Å². The third-order valence-corrected chi connectivity index (χ3v) is 8.21. The molecule has 2 aliphatic carbocycles. The zero-order valence-corrected chi connectivity index (χ0v) is 16.1. The number of fused-ring (bicyclic) bond motifs is 1. The van der Waals surface area contributed by atoms with E-state index >= 15 is 0 Å². The summed E-state index contributed by atoms with van der Waals surface area (Å²) in [6, 6.07) is 7.99. The van der Waals surface area contributed by atoms with Crippen LogP contribution in [0.2, 0.25) is 0 Å². The van der Waals surface area contributed by atoms with Crippen LogP contribution in [0.1, 0.15) is 39.5 Å². The molecule has 0 aromatic heterocycles. The number of ketones is 1. The largest absolute Gasteiger partial charge is 0.468 e. The maximum Gasteiger partial charge on any atom is 0.328 e. The van der Waals surface area contributed by atoms with Crippen LogP contribution in [0.4, 0.5) is 0 Å². The normalized spacial score (nSPS) is 29.3. The number of Topliss-reactive ketones (excluding diaryl/α,β-unsaturated/α-hetero) is 1. The molecule has 0 bridgehead atoms. The molecule has 1 fully saturated rings. The van der Waals surface area contributed by atoms with Crippen LogP contribution in [0, 0.1) is 11.8 Å². The van der Waals surface area contributed by atoms with Gasteiger partial charge in [-0.1, -0.05) is 30.7 Å². The summed E-state index contributed by atoms with van der Waals surface area (Å²) in [5, 5.41) is 0. The Hall–Kier alpha value is -1.95. The number of benzene rings is 1. The standard InChI is InChI=1S/C20H24O5S/c1-13-8-7-11-16(21)17-14(2)12-20(18(13)17,19(22)25-3)26(23,24)15-9-5-4-6-10-15/h4-6,9-10,13,18H,7-8,11-12H2,1-3H3/t13-,18+,20+/m0/s1. The molecule has 26 heavy (non-hydrogen) atoms. The van der Waals surface area contributed by atoms with Gasteiger partial charge in [-0.2, -0.15) is 0 Å². The van der Waals surface area contributed by atoms with E-state index < -0.39 is 26.5 Å². The molecule has 0 saturated heterocycles. The van der Waals surface area contributed by atoms with Gasteiger partial charge < -0.3 is 4.74 Å². The van der Waals surface area contributed by atoms with Crippen LogP contribution in [-0.4, -0.2) is 32.0 Å². The van der Waals surface area contributed by atoms with Crippen molar-refractivity contribution in [2.45, 2.75) is 49.2 Å². The SMILES string of the molecule is COC(=O)[C@@]1(S(=O)(=O)c2ccccc2)CC(C)=C2C(=O)CCC[C@H](C)[C@H]21. The van der Waals surface area contributed by atoms with E-state index in [0.717, 1.165) is 0 Å². The van der Waals surface area contributed by atoms with Crippen LogP contribution < -0.4 is 0 Å². The molecular formula is C20H24O5S. The number of esters is 1. The van der Waals surface area contributed by atoms with E-state index in [1.54, 1.807) is 25.1 Å². The quantitative estimate of drug-likeness (QED) is 0.758. The molecule has 5 nitrogen and oxygen atoms in total. The van der Waals surface area contributed by atoms with E-state index in [0.29, 0.717) is 30.4 Å². The Bertz CT molecular complexity index is 869. The van der Waals surface area contributed by atoms with Crippen LogP contribution in [0.3, 0.4) is 0 Å². The molecule has 0 aliphatic heterocycles. The predicted octanol–water partition coefficient (Wildman–Crippen LogP) is 3.10. The van der Waals surface area contributed by atoms with Gasteiger partial charge in [0.15, 0.2) is 20.4 Å². The first-order valence-electron chi connectivity index (χ1n) is 8.88. The first-order chi connectivity index (χ1) is 12.3. The zero-order chi connectivity index (χ0) is 19.1. The maximum atomic E-state index is 13.7. The lowest BCUT2D eigenvalue weighted by atomic mass is 9.79. The molecule has 0 unspecified atom stereocenters. The summed E-state index contributed by atoms with van der Waals surface area (Å²) in [5.41, 5.74) is 1.22. The summed E-state index contributed by atoms with van der Waals surface area (Å²) in [4.78, 5) is 25.8.